The predicted octanol–water partition coefficient (Wildman–Crippen LogP) is 2.12. The smallest absolute Gasteiger partial charge is 0.153 e. The van der Waals surface area contributed by atoms with Gasteiger partial charge in [0.15, 0.2) is 11.6 Å². The van der Waals surface area contributed by atoms with E-state index in [-0.39, 0.29) is 17.5 Å². The number of carbonyl (C=O) groups is 2. The van der Waals surface area contributed by atoms with E-state index in [1.807, 2.05) is 37.3 Å². The van der Waals surface area contributed by atoms with Crippen molar-refractivity contribution in [3.8, 4) is 0 Å². The average Bonchev–Trinajstić information content (AvgIpc) is 2.45. The Morgan fingerprint density at radius 2 is 1.80 bits per heavy atom. The first-order chi connectivity index (χ1) is 7.06. The molecule has 1 aromatic carbocycles. The summed E-state index contributed by atoms with van der Waals surface area (Å²) in [5.74, 6) is -0.0346. The zero-order chi connectivity index (χ0) is 11.1. The zero-order valence-electron chi connectivity index (χ0n) is 8.99. The first kappa shape index (κ1) is 10.1. The monoisotopic (exact) mass is 202 g/mol. The number of benzene rings is 1. The van der Waals surface area contributed by atoms with Crippen LogP contribution in [0.4, 0.5) is 0 Å². The van der Waals surface area contributed by atoms with Crippen LogP contribution in [0, 0.1) is 5.92 Å². The van der Waals surface area contributed by atoms with Crippen LogP contribution in [-0.2, 0) is 15.0 Å². The van der Waals surface area contributed by atoms with Crippen LogP contribution in [0.2, 0.25) is 0 Å². The van der Waals surface area contributed by atoms with Crippen molar-refractivity contribution >= 4 is 11.6 Å². The number of ketones is 2. The van der Waals surface area contributed by atoms with E-state index in [0.29, 0.717) is 6.42 Å². The van der Waals surface area contributed by atoms with E-state index in [9.17, 15) is 9.59 Å². The van der Waals surface area contributed by atoms with E-state index in [1.165, 1.54) is 0 Å². The Morgan fingerprint density at radius 3 is 2.27 bits per heavy atom. The Balaban J connectivity index is 2.51. The Bertz CT molecular complexity index is 408. The highest BCUT2D eigenvalue weighted by Gasteiger charge is 2.50. The van der Waals surface area contributed by atoms with E-state index in [0.717, 1.165) is 5.56 Å². The third-order valence-electron chi connectivity index (χ3n) is 3.34. The second-order valence-corrected chi connectivity index (χ2v) is 4.38. The van der Waals surface area contributed by atoms with Crippen LogP contribution in [0.1, 0.15) is 25.8 Å². The number of hydrogen-bond donors (Lipinski definition) is 0. The van der Waals surface area contributed by atoms with Crippen molar-refractivity contribution in [2.45, 2.75) is 25.7 Å². The van der Waals surface area contributed by atoms with Crippen LogP contribution in [0.5, 0.6) is 0 Å². The molecule has 0 amide bonds. The van der Waals surface area contributed by atoms with E-state index < -0.39 is 5.41 Å². The van der Waals surface area contributed by atoms with E-state index in [2.05, 4.69) is 0 Å². The van der Waals surface area contributed by atoms with Crippen molar-refractivity contribution in [3.05, 3.63) is 35.9 Å². The van der Waals surface area contributed by atoms with Gasteiger partial charge in [0.2, 0.25) is 0 Å². The topological polar surface area (TPSA) is 34.1 Å². The molecule has 0 bridgehead atoms. The summed E-state index contributed by atoms with van der Waals surface area (Å²) in [4.78, 5) is 23.9. The fourth-order valence-corrected chi connectivity index (χ4v) is 2.28. The quantitative estimate of drug-likeness (QED) is 0.654. The molecule has 2 nitrogen and oxygen atoms in total. The lowest BCUT2D eigenvalue weighted by Crippen LogP contribution is -2.35. The van der Waals surface area contributed by atoms with E-state index in [1.54, 1.807) is 6.92 Å². The highest BCUT2D eigenvalue weighted by molar-refractivity contribution is 6.18. The molecule has 0 radical (unpaired) electrons. The van der Waals surface area contributed by atoms with Crippen molar-refractivity contribution in [2.75, 3.05) is 0 Å². The summed E-state index contributed by atoms with van der Waals surface area (Å²) in [6.07, 6.45) is 0.379. The maximum absolute atomic E-state index is 12.0. The fraction of sp³-hybridized carbons (Fsp3) is 0.385. The van der Waals surface area contributed by atoms with Gasteiger partial charge in [-0.2, -0.15) is 0 Å². The Kier molecular flexibility index (Phi) is 2.22. The molecular weight excluding hydrogens is 188 g/mol. The standard InChI is InChI=1S/C13H14O2/c1-9-8-11(14)13(2,12(9)15)10-6-4-3-5-7-10/h3-7,9H,8H2,1-2H3/t9-,13+/m0/s1. The second kappa shape index (κ2) is 3.30. The SMILES string of the molecule is C[C@H]1CC(=O)[C@@](C)(c2ccccc2)C1=O. The van der Waals surface area contributed by atoms with Gasteiger partial charge in [-0.25, -0.2) is 0 Å². The lowest BCUT2D eigenvalue weighted by molar-refractivity contribution is -0.129. The van der Waals surface area contributed by atoms with Gasteiger partial charge in [-0.05, 0) is 12.5 Å². The Hall–Kier alpha value is -1.44. The Labute approximate surface area is 89.3 Å². The number of rotatable bonds is 1. The van der Waals surface area contributed by atoms with Crippen LogP contribution < -0.4 is 0 Å². The molecule has 1 fully saturated rings. The lowest BCUT2D eigenvalue weighted by atomic mass is 9.78. The maximum atomic E-state index is 12.0. The van der Waals surface area contributed by atoms with Crippen molar-refractivity contribution < 1.29 is 9.59 Å². The first-order valence-electron chi connectivity index (χ1n) is 5.20. The summed E-state index contributed by atoms with van der Waals surface area (Å²) in [6.45, 7) is 3.57. The highest BCUT2D eigenvalue weighted by Crippen LogP contribution is 2.37. The summed E-state index contributed by atoms with van der Waals surface area (Å²) in [5, 5.41) is 0. The zero-order valence-corrected chi connectivity index (χ0v) is 8.99. The molecule has 2 rings (SSSR count). The van der Waals surface area contributed by atoms with Crippen LogP contribution in [0.15, 0.2) is 30.3 Å². The minimum atomic E-state index is -0.902. The first-order valence-corrected chi connectivity index (χ1v) is 5.20. The molecule has 0 unspecified atom stereocenters. The molecule has 2 heteroatoms. The fourth-order valence-electron chi connectivity index (χ4n) is 2.28. The predicted molar refractivity (Wildman–Crippen MR) is 57.6 cm³/mol. The van der Waals surface area contributed by atoms with E-state index in [4.69, 9.17) is 0 Å². The lowest BCUT2D eigenvalue weighted by Gasteiger charge is -2.21. The van der Waals surface area contributed by atoms with Gasteiger partial charge in [-0.3, -0.25) is 9.59 Å². The summed E-state index contributed by atoms with van der Waals surface area (Å²) >= 11 is 0. The van der Waals surface area contributed by atoms with Gasteiger partial charge in [-0.1, -0.05) is 37.3 Å². The van der Waals surface area contributed by atoms with Gasteiger partial charge in [0.1, 0.15) is 5.41 Å². The van der Waals surface area contributed by atoms with Gasteiger partial charge < -0.3 is 0 Å². The molecule has 0 heterocycles. The third kappa shape index (κ3) is 1.32. The molecular formula is C13H14O2. The molecule has 2 atom stereocenters. The van der Waals surface area contributed by atoms with Crippen LogP contribution in [0.25, 0.3) is 0 Å². The largest absolute Gasteiger partial charge is 0.298 e. The third-order valence-corrected chi connectivity index (χ3v) is 3.34. The molecule has 0 aromatic heterocycles. The number of Topliss-reactive ketones (excluding diaryl/α,β-unsaturated/α-hetero) is 2. The van der Waals surface area contributed by atoms with Crippen molar-refractivity contribution in [1.82, 2.24) is 0 Å². The molecule has 15 heavy (non-hydrogen) atoms. The molecule has 78 valence electrons. The van der Waals surface area contributed by atoms with Crippen LogP contribution in [-0.4, -0.2) is 11.6 Å². The normalized spacial score (nSPS) is 30.9. The van der Waals surface area contributed by atoms with Crippen LogP contribution >= 0.6 is 0 Å². The van der Waals surface area contributed by atoms with Crippen molar-refractivity contribution in [3.63, 3.8) is 0 Å². The molecule has 0 aliphatic heterocycles. The summed E-state index contributed by atoms with van der Waals surface area (Å²) < 4.78 is 0. The van der Waals surface area contributed by atoms with E-state index >= 15 is 0 Å². The molecule has 1 aliphatic carbocycles. The van der Waals surface area contributed by atoms with Crippen molar-refractivity contribution in [1.29, 1.82) is 0 Å². The number of hydrogen-bond acceptors (Lipinski definition) is 2. The minimum absolute atomic E-state index is 0.0474. The molecule has 1 aromatic rings. The molecule has 1 aliphatic rings. The van der Waals surface area contributed by atoms with Gasteiger partial charge in [0, 0.05) is 12.3 Å². The Morgan fingerprint density at radius 1 is 1.20 bits per heavy atom. The minimum Gasteiger partial charge on any atom is -0.298 e. The summed E-state index contributed by atoms with van der Waals surface area (Å²) in [6, 6.07) is 9.33. The van der Waals surface area contributed by atoms with Crippen LogP contribution in [0.3, 0.4) is 0 Å². The van der Waals surface area contributed by atoms with Gasteiger partial charge in [0.05, 0.1) is 0 Å². The van der Waals surface area contributed by atoms with Gasteiger partial charge in [-0.15, -0.1) is 0 Å². The highest BCUT2D eigenvalue weighted by atomic mass is 16.2. The molecule has 0 saturated heterocycles. The summed E-state index contributed by atoms with van der Waals surface area (Å²) in [7, 11) is 0. The molecule has 0 N–H and O–H groups in total. The second-order valence-electron chi connectivity index (χ2n) is 4.38. The van der Waals surface area contributed by atoms with Gasteiger partial charge in [0.25, 0.3) is 0 Å². The number of carbonyl (C=O) groups excluding carboxylic acids is 2. The summed E-state index contributed by atoms with van der Waals surface area (Å²) in [5.41, 5.74) is -0.0786. The van der Waals surface area contributed by atoms with Gasteiger partial charge >= 0.3 is 0 Å². The molecule has 0 spiro atoms. The molecule has 1 saturated carbocycles. The average molecular weight is 202 g/mol. The maximum Gasteiger partial charge on any atom is 0.153 e. The van der Waals surface area contributed by atoms with Crippen molar-refractivity contribution in [2.24, 2.45) is 5.92 Å².